The number of halogens is 3. The van der Waals surface area contributed by atoms with E-state index < -0.39 is 10.0 Å². The van der Waals surface area contributed by atoms with Crippen LogP contribution in [0.1, 0.15) is 25.7 Å². The van der Waals surface area contributed by atoms with E-state index in [1.807, 2.05) is 0 Å². The highest BCUT2D eigenvalue weighted by Crippen LogP contribution is 2.33. The molecule has 2 rings (SSSR count). The van der Waals surface area contributed by atoms with Crippen LogP contribution in [0, 0.1) is 0 Å². The Morgan fingerprint density at radius 1 is 1.30 bits per heavy atom. The molecule has 0 bridgehead atoms. The third-order valence-corrected chi connectivity index (χ3v) is 7.03. The highest BCUT2D eigenvalue weighted by molar-refractivity contribution is 9.10. The molecule has 0 radical (unpaired) electrons. The lowest BCUT2D eigenvalue weighted by molar-refractivity contribution is 0.291. The average Bonchev–Trinajstić information content (AvgIpc) is 2.38. The van der Waals surface area contributed by atoms with E-state index in [-0.39, 0.29) is 21.3 Å². The molecule has 20 heavy (non-hydrogen) atoms. The van der Waals surface area contributed by atoms with Crippen LogP contribution >= 0.6 is 39.1 Å². The van der Waals surface area contributed by atoms with E-state index >= 15 is 0 Å². The molecule has 2 unspecified atom stereocenters. The smallest absolute Gasteiger partial charge is 0.207 e. The van der Waals surface area contributed by atoms with Crippen molar-refractivity contribution in [3.8, 4) is 0 Å². The SMILES string of the molecule is CN(C1CCCCC1Cl)S(=O)(=O)c1ccc(Br)cc1Cl. The monoisotopic (exact) mass is 399 g/mol. The summed E-state index contributed by atoms with van der Waals surface area (Å²) in [6, 6.07) is 4.60. The second kappa shape index (κ2) is 6.53. The zero-order valence-electron chi connectivity index (χ0n) is 11.0. The number of sulfonamides is 1. The molecule has 0 aliphatic heterocycles. The molecule has 1 aliphatic carbocycles. The maximum Gasteiger partial charge on any atom is 0.244 e. The fraction of sp³-hybridized carbons (Fsp3) is 0.538. The van der Waals surface area contributed by atoms with Crippen LogP contribution in [-0.4, -0.2) is 31.2 Å². The first-order valence-corrected chi connectivity index (χ1v) is 9.46. The summed E-state index contributed by atoms with van der Waals surface area (Å²) in [4.78, 5) is 0.124. The summed E-state index contributed by atoms with van der Waals surface area (Å²) in [5.74, 6) is 0. The molecule has 1 aromatic carbocycles. The van der Waals surface area contributed by atoms with Crippen LogP contribution in [-0.2, 0) is 10.0 Å². The van der Waals surface area contributed by atoms with Crippen molar-refractivity contribution >= 4 is 49.2 Å². The lowest BCUT2D eigenvalue weighted by atomic mass is 9.95. The van der Waals surface area contributed by atoms with Gasteiger partial charge in [-0.2, -0.15) is 4.31 Å². The van der Waals surface area contributed by atoms with E-state index in [4.69, 9.17) is 23.2 Å². The Bertz CT molecular complexity index is 594. The Morgan fingerprint density at radius 3 is 2.55 bits per heavy atom. The van der Waals surface area contributed by atoms with Gasteiger partial charge in [0.2, 0.25) is 10.0 Å². The summed E-state index contributed by atoms with van der Waals surface area (Å²) in [5, 5.41) is 0.0749. The average molecular weight is 401 g/mol. The second-order valence-corrected chi connectivity index (χ2v) is 8.81. The molecule has 0 N–H and O–H groups in total. The van der Waals surface area contributed by atoms with Gasteiger partial charge in [0, 0.05) is 17.6 Å². The predicted octanol–water partition coefficient (Wildman–Crippen LogP) is 4.27. The molecule has 0 saturated heterocycles. The number of nitrogens with zero attached hydrogens (tertiary/aromatic N) is 1. The van der Waals surface area contributed by atoms with Gasteiger partial charge in [0.05, 0.1) is 10.4 Å². The van der Waals surface area contributed by atoms with E-state index in [9.17, 15) is 8.42 Å². The normalized spacial score (nSPS) is 24.1. The Morgan fingerprint density at radius 2 is 1.95 bits per heavy atom. The van der Waals surface area contributed by atoms with Crippen molar-refractivity contribution in [2.24, 2.45) is 0 Å². The van der Waals surface area contributed by atoms with Gasteiger partial charge in [0.1, 0.15) is 4.90 Å². The standard InChI is InChI=1S/C13H16BrCl2NO2S/c1-17(12-5-3-2-4-10(12)15)20(18,19)13-7-6-9(14)8-11(13)16/h6-8,10,12H,2-5H2,1H3. The quantitative estimate of drug-likeness (QED) is 0.710. The van der Waals surface area contributed by atoms with Crippen molar-refractivity contribution in [3.63, 3.8) is 0 Å². The number of hydrogen-bond acceptors (Lipinski definition) is 2. The molecule has 7 heteroatoms. The van der Waals surface area contributed by atoms with Gasteiger partial charge in [-0.15, -0.1) is 11.6 Å². The first kappa shape index (κ1) is 16.6. The largest absolute Gasteiger partial charge is 0.244 e. The molecule has 0 heterocycles. The van der Waals surface area contributed by atoms with Crippen molar-refractivity contribution in [2.45, 2.75) is 42.0 Å². The van der Waals surface area contributed by atoms with Crippen LogP contribution in [0.5, 0.6) is 0 Å². The molecule has 1 aromatic rings. The first-order valence-electron chi connectivity index (χ1n) is 6.41. The molecule has 0 aromatic heterocycles. The van der Waals surface area contributed by atoms with Crippen molar-refractivity contribution in [1.29, 1.82) is 0 Å². The van der Waals surface area contributed by atoms with Gasteiger partial charge < -0.3 is 0 Å². The van der Waals surface area contributed by atoms with Crippen molar-refractivity contribution < 1.29 is 8.42 Å². The van der Waals surface area contributed by atoms with E-state index in [0.29, 0.717) is 0 Å². The summed E-state index contributed by atoms with van der Waals surface area (Å²) in [7, 11) is -2.04. The minimum Gasteiger partial charge on any atom is -0.207 e. The highest BCUT2D eigenvalue weighted by Gasteiger charge is 2.35. The topological polar surface area (TPSA) is 37.4 Å². The van der Waals surface area contributed by atoms with Crippen LogP contribution in [0.15, 0.2) is 27.6 Å². The predicted molar refractivity (Wildman–Crippen MR) is 86.0 cm³/mol. The highest BCUT2D eigenvalue weighted by atomic mass is 79.9. The third-order valence-electron chi connectivity index (χ3n) is 3.67. The van der Waals surface area contributed by atoms with Gasteiger partial charge in [0.15, 0.2) is 0 Å². The van der Waals surface area contributed by atoms with Crippen LogP contribution < -0.4 is 0 Å². The Labute approximate surface area is 138 Å². The number of rotatable bonds is 3. The number of benzene rings is 1. The number of hydrogen-bond donors (Lipinski definition) is 0. The maximum absolute atomic E-state index is 12.7. The van der Waals surface area contributed by atoms with Crippen molar-refractivity contribution in [2.75, 3.05) is 7.05 Å². The summed E-state index contributed by atoms with van der Waals surface area (Å²) in [6.45, 7) is 0. The summed E-state index contributed by atoms with van der Waals surface area (Å²) in [6.07, 6.45) is 3.69. The zero-order chi connectivity index (χ0) is 14.9. The fourth-order valence-corrected chi connectivity index (χ4v) is 5.44. The third kappa shape index (κ3) is 3.33. The molecule has 0 spiro atoms. The number of alkyl halides is 1. The first-order chi connectivity index (χ1) is 9.34. The fourth-order valence-electron chi connectivity index (χ4n) is 2.49. The van der Waals surface area contributed by atoms with Crippen LogP contribution in [0.25, 0.3) is 0 Å². The van der Waals surface area contributed by atoms with Crippen molar-refractivity contribution in [1.82, 2.24) is 4.31 Å². The minimum atomic E-state index is -3.62. The van der Waals surface area contributed by atoms with E-state index in [1.54, 1.807) is 19.2 Å². The van der Waals surface area contributed by atoms with Gasteiger partial charge in [-0.3, -0.25) is 0 Å². The molecule has 1 saturated carbocycles. The molecular formula is C13H16BrCl2NO2S. The second-order valence-electron chi connectivity index (χ2n) is 4.96. The van der Waals surface area contributed by atoms with Gasteiger partial charge in [0.25, 0.3) is 0 Å². The lowest BCUT2D eigenvalue weighted by Crippen LogP contribution is -2.44. The van der Waals surface area contributed by atoms with E-state index in [0.717, 1.165) is 30.2 Å². The van der Waals surface area contributed by atoms with Gasteiger partial charge in [-0.25, -0.2) is 8.42 Å². The molecule has 3 nitrogen and oxygen atoms in total. The van der Waals surface area contributed by atoms with Crippen LogP contribution in [0.3, 0.4) is 0 Å². The summed E-state index contributed by atoms with van der Waals surface area (Å²) < 4.78 is 27.5. The molecule has 1 aliphatic rings. The molecule has 2 atom stereocenters. The Kier molecular flexibility index (Phi) is 5.40. The Balaban J connectivity index is 2.33. The van der Waals surface area contributed by atoms with E-state index in [1.165, 1.54) is 10.4 Å². The van der Waals surface area contributed by atoms with Gasteiger partial charge >= 0.3 is 0 Å². The molecule has 112 valence electrons. The zero-order valence-corrected chi connectivity index (χ0v) is 14.9. The van der Waals surface area contributed by atoms with Gasteiger partial charge in [-0.1, -0.05) is 40.4 Å². The lowest BCUT2D eigenvalue weighted by Gasteiger charge is -2.34. The van der Waals surface area contributed by atoms with Gasteiger partial charge in [-0.05, 0) is 31.0 Å². The minimum absolute atomic E-state index is 0.124. The van der Waals surface area contributed by atoms with Crippen molar-refractivity contribution in [3.05, 3.63) is 27.7 Å². The Hall–Kier alpha value is 0.190. The van der Waals surface area contributed by atoms with Crippen LogP contribution in [0.4, 0.5) is 0 Å². The molecule has 0 amide bonds. The summed E-state index contributed by atoms with van der Waals surface area (Å²) in [5.41, 5.74) is 0. The summed E-state index contributed by atoms with van der Waals surface area (Å²) >= 11 is 15.6. The molecule has 1 fully saturated rings. The van der Waals surface area contributed by atoms with E-state index in [2.05, 4.69) is 15.9 Å². The maximum atomic E-state index is 12.7. The molecular weight excluding hydrogens is 385 g/mol. The van der Waals surface area contributed by atoms with Crippen LogP contribution in [0.2, 0.25) is 5.02 Å².